The Labute approximate surface area is 131 Å². The molecule has 2 aliphatic rings. The minimum atomic E-state index is 0.376. The molecule has 0 spiro atoms. The van der Waals surface area contributed by atoms with Gasteiger partial charge in [0.05, 0.1) is 0 Å². The van der Waals surface area contributed by atoms with Gasteiger partial charge in [0.25, 0.3) is 0 Å². The SMILES string of the molecule is CC/C=C(/C)CCC(C)C1CC1CN(CC)C(=O)C1CC1. The first-order valence-corrected chi connectivity index (χ1v) is 9.01. The molecule has 0 N–H and O–H groups in total. The number of hydrogen-bond donors (Lipinski definition) is 0. The lowest BCUT2D eigenvalue weighted by Gasteiger charge is -2.21. The molecule has 2 nitrogen and oxygen atoms in total. The maximum Gasteiger partial charge on any atom is 0.225 e. The molecule has 0 aliphatic heterocycles. The number of nitrogens with zero attached hydrogens (tertiary/aromatic N) is 1. The minimum Gasteiger partial charge on any atom is -0.342 e. The minimum absolute atomic E-state index is 0.376. The fourth-order valence-electron chi connectivity index (χ4n) is 3.54. The largest absolute Gasteiger partial charge is 0.342 e. The Kier molecular flexibility index (Phi) is 5.89. The summed E-state index contributed by atoms with van der Waals surface area (Å²) in [5.74, 6) is 3.25. The molecule has 2 heteroatoms. The second kappa shape index (κ2) is 7.47. The molecular formula is C19H33NO. The van der Waals surface area contributed by atoms with Gasteiger partial charge in [0.2, 0.25) is 5.91 Å². The van der Waals surface area contributed by atoms with Gasteiger partial charge in [0, 0.05) is 19.0 Å². The number of allylic oxidation sites excluding steroid dienone is 2. The van der Waals surface area contributed by atoms with Crippen LogP contribution in [0, 0.1) is 23.7 Å². The molecule has 0 aromatic heterocycles. The molecule has 0 heterocycles. The lowest BCUT2D eigenvalue weighted by Crippen LogP contribution is -2.34. The van der Waals surface area contributed by atoms with Gasteiger partial charge in [-0.2, -0.15) is 0 Å². The molecule has 2 saturated carbocycles. The Morgan fingerprint density at radius 3 is 2.62 bits per heavy atom. The summed E-state index contributed by atoms with van der Waals surface area (Å²) in [5.41, 5.74) is 1.54. The third-order valence-electron chi connectivity index (χ3n) is 5.33. The van der Waals surface area contributed by atoms with Gasteiger partial charge >= 0.3 is 0 Å². The van der Waals surface area contributed by atoms with Crippen LogP contribution in [0.2, 0.25) is 0 Å². The highest BCUT2D eigenvalue weighted by molar-refractivity contribution is 5.81. The van der Waals surface area contributed by atoms with Crippen molar-refractivity contribution < 1.29 is 4.79 Å². The second-order valence-electron chi connectivity index (χ2n) is 7.29. The third kappa shape index (κ3) is 4.86. The standard InChI is InChI=1S/C19H33NO/c1-5-7-14(3)8-9-15(4)18-12-17(18)13-20(6-2)19(21)16-10-11-16/h7,15-18H,5-6,8-13H2,1-4H3/b14-7-. The predicted octanol–water partition coefficient (Wildman–Crippen LogP) is 4.65. The molecule has 120 valence electrons. The summed E-state index contributed by atoms with van der Waals surface area (Å²) in [7, 11) is 0. The molecule has 1 amide bonds. The fourth-order valence-corrected chi connectivity index (χ4v) is 3.54. The van der Waals surface area contributed by atoms with E-state index in [0.29, 0.717) is 11.8 Å². The predicted molar refractivity (Wildman–Crippen MR) is 89.0 cm³/mol. The van der Waals surface area contributed by atoms with Gasteiger partial charge in [-0.05, 0) is 70.1 Å². The van der Waals surface area contributed by atoms with Crippen molar-refractivity contribution in [2.75, 3.05) is 13.1 Å². The molecule has 2 aliphatic carbocycles. The first-order chi connectivity index (χ1) is 10.1. The van der Waals surface area contributed by atoms with Crippen molar-refractivity contribution in [3.8, 4) is 0 Å². The molecule has 21 heavy (non-hydrogen) atoms. The number of hydrogen-bond acceptors (Lipinski definition) is 1. The number of carbonyl (C=O) groups excluding carboxylic acids is 1. The van der Waals surface area contributed by atoms with E-state index in [1.807, 2.05) is 0 Å². The topological polar surface area (TPSA) is 20.3 Å². The highest BCUT2D eigenvalue weighted by Gasteiger charge is 2.43. The molecule has 0 bridgehead atoms. The van der Waals surface area contributed by atoms with Crippen molar-refractivity contribution in [3.63, 3.8) is 0 Å². The van der Waals surface area contributed by atoms with Crippen LogP contribution in [0.1, 0.15) is 66.2 Å². The van der Waals surface area contributed by atoms with E-state index in [4.69, 9.17) is 0 Å². The number of rotatable bonds is 9. The summed E-state index contributed by atoms with van der Waals surface area (Å²) in [6.45, 7) is 10.9. The van der Waals surface area contributed by atoms with Crippen molar-refractivity contribution in [1.82, 2.24) is 4.90 Å². The Hall–Kier alpha value is -0.790. The van der Waals surface area contributed by atoms with Crippen LogP contribution in [0.5, 0.6) is 0 Å². The van der Waals surface area contributed by atoms with E-state index in [0.717, 1.165) is 50.1 Å². The monoisotopic (exact) mass is 291 g/mol. The van der Waals surface area contributed by atoms with Crippen LogP contribution in [0.4, 0.5) is 0 Å². The summed E-state index contributed by atoms with van der Waals surface area (Å²) in [6.07, 6.45) is 9.66. The molecule has 3 unspecified atom stereocenters. The van der Waals surface area contributed by atoms with Crippen LogP contribution < -0.4 is 0 Å². The average Bonchev–Trinajstić information content (AvgIpc) is 3.35. The van der Waals surface area contributed by atoms with Crippen molar-refractivity contribution in [2.45, 2.75) is 66.2 Å². The van der Waals surface area contributed by atoms with Gasteiger partial charge in [-0.1, -0.05) is 25.5 Å². The highest BCUT2D eigenvalue weighted by atomic mass is 16.2. The lowest BCUT2D eigenvalue weighted by atomic mass is 9.96. The Morgan fingerprint density at radius 1 is 1.33 bits per heavy atom. The van der Waals surface area contributed by atoms with Gasteiger partial charge in [-0.15, -0.1) is 0 Å². The lowest BCUT2D eigenvalue weighted by molar-refractivity contribution is -0.132. The van der Waals surface area contributed by atoms with E-state index in [1.165, 1.54) is 19.3 Å². The van der Waals surface area contributed by atoms with Gasteiger partial charge in [0.15, 0.2) is 0 Å². The first kappa shape index (κ1) is 16.6. The van der Waals surface area contributed by atoms with E-state index in [1.54, 1.807) is 5.57 Å². The van der Waals surface area contributed by atoms with E-state index >= 15 is 0 Å². The van der Waals surface area contributed by atoms with Crippen LogP contribution in [-0.2, 0) is 4.79 Å². The van der Waals surface area contributed by atoms with Gasteiger partial charge in [-0.25, -0.2) is 0 Å². The van der Waals surface area contributed by atoms with Crippen LogP contribution in [-0.4, -0.2) is 23.9 Å². The zero-order valence-corrected chi connectivity index (χ0v) is 14.4. The van der Waals surface area contributed by atoms with Gasteiger partial charge < -0.3 is 4.90 Å². The molecule has 2 fully saturated rings. The van der Waals surface area contributed by atoms with Crippen LogP contribution in [0.3, 0.4) is 0 Å². The fraction of sp³-hybridized carbons (Fsp3) is 0.842. The van der Waals surface area contributed by atoms with Gasteiger partial charge in [-0.3, -0.25) is 4.79 Å². The summed E-state index contributed by atoms with van der Waals surface area (Å²) < 4.78 is 0. The average molecular weight is 291 g/mol. The first-order valence-electron chi connectivity index (χ1n) is 9.01. The molecule has 0 radical (unpaired) electrons. The van der Waals surface area contributed by atoms with Crippen molar-refractivity contribution in [3.05, 3.63) is 11.6 Å². The van der Waals surface area contributed by atoms with Crippen molar-refractivity contribution in [1.29, 1.82) is 0 Å². The summed E-state index contributed by atoms with van der Waals surface area (Å²) >= 11 is 0. The van der Waals surface area contributed by atoms with Gasteiger partial charge in [0.1, 0.15) is 0 Å². The Bertz CT molecular complexity index is 383. The zero-order valence-electron chi connectivity index (χ0n) is 14.4. The van der Waals surface area contributed by atoms with Crippen LogP contribution >= 0.6 is 0 Å². The van der Waals surface area contributed by atoms with E-state index in [-0.39, 0.29) is 0 Å². The van der Waals surface area contributed by atoms with Crippen molar-refractivity contribution in [2.24, 2.45) is 23.7 Å². The molecule has 3 atom stereocenters. The molecule has 0 saturated heterocycles. The molecule has 0 aromatic carbocycles. The number of amides is 1. The second-order valence-corrected chi connectivity index (χ2v) is 7.29. The summed E-state index contributed by atoms with van der Waals surface area (Å²) in [4.78, 5) is 14.3. The normalized spacial score (nSPS) is 26.6. The number of carbonyl (C=O) groups is 1. The smallest absolute Gasteiger partial charge is 0.225 e. The molecule has 0 aromatic rings. The maximum absolute atomic E-state index is 12.2. The van der Waals surface area contributed by atoms with E-state index in [2.05, 4.69) is 38.7 Å². The maximum atomic E-state index is 12.2. The Morgan fingerprint density at radius 2 is 2.05 bits per heavy atom. The zero-order chi connectivity index (χ0) is 15.4. The quantitative estimate of drug-likeness (QED) is 0.566. The van der Waals surface area contributed by atoms with E-state index < -0.39 is 0 Å². The van der Waals surface area contributed by atoms with Crippen LogP contribution in [0.15, 0.2) is 11.6 Å². The van der Waals surface area contributed by atoms with Crippen LogP contribution in [0.25, 0.3) is 0 Å². The van der Waals surface area contributed by atoms with Crippen molar-refractivity contribution >= 4 is 5.91 Å². The summed E-state index contributed by atoms with van der Waals surface area (Å²) in [5, 5.41) is 0. The highest BCUT2D eigenvalue weighted by Crippen LogP contribution is 2.47. The third-order valence-corrected chi connectivity index (χ3v) is 5.33. The Balaban J connectivity index is 1.70. The van der Waals surface area contributed by atoms with E-state index in [9.17, 15) is 4.79 Å². The molecule has 2 rings (SSSR count). The molecular weight excluding hydrogens is 258 g/mol. The summed E-state index contributed by atoms with van der Waals surface area (Å²) in [6, 6.07) is 0.